The Morgan fingerprint density at radius 1 is 0.404 bits per heavy atom. The normalized spacial score (nSPS) is 15.3. The zero-order valence-corrected chi connectivity index (χ0v) is 26.7. The summed E-state index contributed by atoms with van der Waals surface area (Å²) in [6, 6.07) is 18.4. The molecule has 0 unspecified atom stereocenters. The van der Waals surface area contributed by atoms with Gasteiger partial charge in [0, 0.05) is 38.2 Å². The smallest absolute Gasteiger partial charge is 0.164 e. The van der Waals surface area contributed by atoms with Crippen molar-refractivity contribution in [3.05, 3.63) is 163 Å². The number of benzene rings is 8. The van der Waals surface area contributed by atoms with E-state index in [-0.39, 0.29) is 96.3 Å². The second-order valence-corrected chi connectivity index (χ2v) is 12.1. The van der Waals surface area contributed by atoms with E-state index < -0.39 is 54.4 Å². The summed E-state index contributed by atoms with van der Waals surface area (Å²) >= 11 is 0. The van der Waals surface area contributed by atoms with Crippen LogP contribution in [-0.2, 0) is 0 Å². The van der Waals surface area contributed by atoms with Crippen molar-refractivity contribution in [3.63, 3.8) is 0 Å². The summed E-state index contributed by atoms with van der Waals surface area (Å²) in [6.45, 7) is 0. The van der Waals surface area contributed by atoms with Crippen LogP contribution in [0.15, 0.2) is 172 Å². The molecule has 5 nitrogen and oxygen atoms in total. The van der Waals surface area contributed by atoms with Crippen LogP contribution in [0.25, 0.3) is 111 Å². The topological polar surface area (TPSA) is 65.0 Å². The minimum absolute atomic E-state index is 0.0175. The lowest BCUT2D eigenvalue weighted by molar-refractivity contribution is 0.668. The van der Waals surface area contributed by atoms with Crippen LogP contribution in [-0.4, -0.2) is 15.0 Å². The van der Waals surface area contributed by atoms with Crippen molar-refractivity contribution >= 4 is 65.4 Å². The van der Waals surface area contributed by atoms with Gasteiger partial charge in [-0.1, -0.05) is 121 Å². The van der Waals surface area contributed by atoms with Gasteiger partial charge in [0.1, 0.15) is 22.3 Å². The fourth-order valence-electron chi connectivity index (χ4n) is 6.63. The molecule has 0 aliphatic rings. The number of hydrogen-bond acceptors (Lipinski definition) is 5. The Kier molecular flexibility index (Phi) is 4.04. The van der Waals surface area contributed by atoms with Crippen LogP contribution in [0.5, 0.6) is 0 Å². The van der Waals surface area contributed by atoms with Crippen molar-refractivity contribution < 1.29 is 26.7 Å². The highest BCUT2D eigenvalue weighted by molar-refractivity contribution is 6.13. The molecule has 0 amide bonds. The van der Waals surface area contributed by atoms with Crippen LogP contribution in [0.2, 0.25) is 0 Å². The van der Waals surface area contributed by atoms with E-state index in [0.717, 1.165) is 10.8 Å². The predicted octanol–water partition coefficient (Wildman–Crippen LogP) is 12.6. The molecule has 0 aliphatic heterocycles. The van der Waals surface area contributed by atoms with Crippen molar-refractivity contribution in [1.29, 1.82) is 0 Å². The molecule has 3 aromatic heterocycles. The average molecular weight is 679 g/mol. The van der Waals surface area contributed by atoms with Crippen LogP contribution in [0, 0.1) is 0 Å². The number of fused-ring (bicyclic) bond motifs is 9. The molecule has 0 atom stereocenters. The molecule has 0 N–H and O–H groups in total. The van der Waals surface area contributed by atoms with Gasteiger partial charge >= 0.3 is 0 Å². The molecular formula is C47H27N3O2. The van der Waals surface area contributed by atoms with E-state index in [1.807, 2.05) is 30.3 Å². The Morgan fingerprint density at radius 3 is 2.08 bits per heavy atom. The average Bonchev–Trinajstić information content (AvgIpc) is 3.88. The standard InChI is InChI=1S/C47H27N3O2/c1-2-10-29(11-3-1)45-48-46(33-19-22-35-32(25-33)18-17-28-9-4-5-12-34(28)35)50-47(49-45)37-14-8-16-43-44(37)39-27-31(21-24-42(39)52-43)30-20-23-41-38(26-30)36-13-6-7-15-40(36)51-41/h1-27H/i4D,5D,9D,12D,14D,16D,17D,18D,19D,21D,22D,24D,25D. The van der Waals surface area contributed by atoms with E-state index in [1.165, 1.54) is 6.07 Å². The second kappa shape index (κ2) is 11.2. The van der Waals surface area contributed by atoms with Crippen molar-refractivity contribution in [2.24, 2.45) is 0 Å². The van der Waals surface area contributed by atoms with Crippen LogP contribution < -0.4 is 0 Å². The summed E-state index contributed by atoms with van der Waals surface area (Å²) in [4.78, 5) is 14.2. The third-order valence-electron chi connectivity index (χ3n) is 9.08. The lowest BCUT2D eigenvalue weighted by Gasteiger charge is -2.10. The molecule has 11 aromatic rings. The van der Waals surface area contributed by atoms with E-state index in [2.05, 4.69) is 4.98 Å². The van der Waals surface area contributed by atoms with Gasteiger partial charge in [0.15, 0.2) is 17.5 Å². The number of hydrogen-bond donors (Lipinski definition) is 0. The van der Waals surface area contributed by atoms with Gasteiger partial charge in [0.25, 0.3) is 0 Å². The minimum Gasteiger partial charge on any atom is -0.456 e. The van der Waals surface area contributed by atoms with E-state index in [1.54, 1.807) is 48.5 Å². The highest BCUT2D eigenvalue weighted by atomic mass is 16.3. The molecule has 242 valence electrons. The van der Waals surface area contributed by atoms with Crippen molar-refractivity contribution in [2.45, 2.75) is 0 Å². The summed E-state index contributed by atoms with van der Waals surface area (Å²) < 4.78 is 128. The first-order chi connectivity index (χ1) is 31.2. The maximum atomic E-state index is 9.50. The van der Waals surface area contributed by atoms with Gasteiger partial charge in [-0.15, -0.1) is 0 Å². The largest absolute Gasteiger partial charge is 0.456 e. The molecule has 0 saturated carbocycles. The third-order valence-corrected chi connectivity index (χ3v) is 9.08. The summed E-state index contributed by atoms with van der Waals surface area (Å²) in [5, 5.41) is 0.966. The monoisotopic (exact) mass is 678 g/mol. The third kappa shape index (κ3) is 4.53. The fourth-order valence-corrected chi connectivity index (χ4v) is 6.63. The highest BCUT2D eigenvalue weighted by Crippen LogP contribution is 2.40. The molecule has 8 aromatic carbocycles. The van der Waals surface area contributed by atoms with Gasteiger partial charge in [0.05, 0.1) is 17.8 Å². The Hall–Kier alpha value is -7.11. The summed E-state index contributed by atoms with van der Waals surface area (Å²) in [5.41, 5.74) is 2.41. The molecule has 52 heavy (non-hydrogen) atoms. The molecule has 0 aliphatic carbocycles. The minimum atomic E-state index is -0.642. The summed E-state index contributed by atoms with van der Waals surface area (Å²) in [7, 11) is 0. The molecule has 0 fully saturated rings. The lowest BCUT2D eigenvalue weighted by atomic mass is 9.99. The van der Waals surface area contributed by atoms with Gasteiger partial charge in [-0.05, 0) is 75.1 Å². The van der Waals surface area contributed by atoms with Crippen molar-refractivity contribution in [2.75, 3.05) is 0 Å². The number of para-hydroxylation sites is 1. The molecule has 0 saturated heterocycles. The second-order valence-electron chi connectivity index (χ2n) is 12.1. The predicted molar refractivity (Wildman–Crippen MR) is 211 cm³/mol. The Balaban J connectivity index is 1.21. The summed E-state index contributed by atoms with van der Waals surface area (Å²) in [5.74, 6) is -0.445. The molecule has 3 heterocycles. The van der Waals surface area contributed by atoms with Crippen LogP contribution >= 0.6 is 0 Å². The van der Waals surface area contributed by atoms with Crippen molar-refractivity contribution in [1.82, 2.24) is 15.0 Å². The molecule has 5 heteroatoms. The zero-order valence-electron chi connectivity index (χ0n) is 39.7. The first kappa shape index (κ1) is 18.8. The summed E-state index contributed by atoms with van der Waals surface area (Å²) in [6.07, 6.45) is 0. The van der Waals surface area contributed by atoms with Crippen LogP contribution in [0.3, 0.4) is 0 Å². The van der Waals surface area contributed by atoms with Gasteiger partial charge in [0.2, 0.25) is 0 Å². The van der Waals surface area contributed by atoms with Gasteiger partial charge in [-0.2, -0.15) is 0 Å². The maximum absolute atomic E-state index is 9.50. The first-order valence-corrected chi connectivity index (χ1v) is 16.3. The highest BCUT2D eigenvalue weighted by Gasteiger charge is 2.19. The molecule has 0 spiro atoms. The van der Waals surface area contributed by atoms with Gasteiger partial charge in [-0.25, -0.2) is 15.0 Å². The Labute approximate surface area is 315 Å². The first-order valence-electron chi connectivity index (χ1n) is 22.8. The number of rotatable bonds is 4. The van der Waals surface area contributed by atoms with Crippen molar-refractivity contribution in [3.8, 4) is 45.3 Å². The van der Waals surface area contributed by atoms with E-state index in [4.69, 9.17) is 31.1 Å². The van der Waals surface area contributed by atoms with Crippen LogP contribution in [0.4, 0.5) is 0 Å². The molecule has 0 radical (unpaired) electrons. The van der Waals surface area contributed by atoms with E-state index in [0.29, 0.717) is 27.9 Å². The zero-order chi connectivity index (χ0) is 45.5. The van der Waals surface area contributed by atoms with E-state index >= 15 is 0 Å². The Morgan fingerprint density at radius 2 is 1.13 bits per heavy atom. The molecule has 11 rings (SSSR count). The quantitative estimate of drug-likeness (QED) is 0.173. The van der Waals surface area contributed by atoms with E-state index in [9.17, 15) is 5.48 Å². The number of aromatic nitrogens is 3. The fraction of sp³-hybridized carbons (Fsp3) is 0. The van der Waals surface area contributed by atoms with Crippen LogP contribution in [0.1, 0.15) is 17.8 Å². The van der Waals surface area contributed by atoms with Gasteiger partial charge < -0.3 is 8.83 Å². The number of furan rings is 2. The molecule has 0 bridgehead atoms. The lowest BCUT2D eigenvalue weighted by Crippen LogP contribution is -2.00. The Bertz CT molecular complexity index is 3950. The number of nitrogens with zero attached hydrogens (tertiary/aromatic N) is 3. The van der Waals surface area contributed by atoms with Gasteiger partial charge in [-0.3, -0.25) is 0 Å². The molecular weight excluding hydrogens is 639 g/mol. The SMILES string of the molecule is [2H]c1cc([2H])c2oc3c([2H])c([2H])c(-c4ccc5oc6ccccc6c5c4)cc3c2c1-c1nc(-c2ccccc2)nc(-c2c([2H])c([2H])c3c(c2[2H])c([2H])c([2H])c2c([2H])c([2H])c([2H])c([2H])c23)n1. The maximum Gasteiger partial charge on any atom is 0.164 e.